The van der Waals surface area contributed by atoms with E-state index in [9.17, 15) is 9.59 Å². The number of fused-ring (bicyclic) bond motifs is 1. The molecule has 2 N–H and O–H groups in total. The Balaban J connectivity index is 2.34. The van der Waals surface area contributed by atoms with Crippen LogP contribution in [0.25, 0.3) is 10.8 Å². The summed E-state index contributed by atoms with van der Waals surface area (Å²) in [7, 11) is 0. The molecular formula is C18H21NO4. The number of hydrogen-bond acceptors (Lipinski definition) is 3. The molecule has 0 radical (unpaired) electrons. The molecule has 23 heavy (non-hydrogen) atoms. The summed E-state index contributed by atoms with van der Waals surface area (Å²) in [5.41, 5.74) is 0.695. The summed E-state index contributed by atoms with van der Waals surface area (Å²) in [6.45, 7) is 5.50. The Morgan fingerprint density at radius 2 is 1.74 bits per heavy atom. The Morgan fingerprint density at radius 1 is 1.09 bits per heavy atom. The highest BCUT2D eigenvalue weighted by Gasteiger charge is 2.18. The maximum Gasteiger partial charge on any atom is 0.341 e. The molecule has 0 saturated heterocycles. The topological polar surface area (TPSA) is 75.6 Å². The van der Waals surface area contributed by atoms with Gasteiger partial charge in [-0.3, -0.25) is 4.79 Å². The van der Waals surface area contributed by atoms with Crippen LogP contribution < -0.4 is 10.1 Å². The van der Waals surface area contributed by atoms with E-state index >= 15 is 0 Å². The quantitative estimate of drug-likeness (QED) is 0.855. The molecule has 2 aromatic rings. The third kappa shape index (κ3) is 4.00. The average Bonchev–Trinajstić information content (AvgIpc) is 2.53. The van der Waals surface area contributed by atoms with E-state index in [1.165, 1.54) is 0 Å². The van der Waals surface area contributed by atoms with E-state index in [2.05, 4.69) is 5.32 Å². The molecule has 0 aliphatic heterocycles. The minimum Gasteiger partial charge on any atom is -0.481 e. The van der Waals surface area contributed by atoms with E-state index in [0.717, 1.165) is 10.8 Å². The smallest absolute Gasteiger partial charge is 0.341 e. The monoisotopic (exact) mass is 315 g/mol. The van der Waals surface area contributed by atoms with E-state index in [1.54, 1.807) is 12.1 Å². The van der Waals surface area contributed by atoms with E-state index in [-0.39, 0.29) is 17.7 Å². The Bertz CT molecular complexity index is 724. The zero-order chi connectivity index (χ0) is 17.0. The maximum atomic E-state index is 12.3. The van der Waals surface area contributed by atoms with Gasteiger partial charge < -0.3 is 15.2 Å². The van der Waals surface area contributed by atoms with Gasteiger partial charge in [-0.2, -0.15) is 0 Å². The van der Waals surface area contributed by atoms with Crippen LogP contribution in [0.2, 0.25) is 0 Å². The second-order valence-electron chi connectivity index (χ2n) is 5.86. The van der Waals surface area contributed by atoms with Crippen LogP contribution in [0.15, 0.2) is 36.4 Å². The van der Waals surface area contributed by atoms with E-state index in [0.29, 0.717) is 11.4 Å². The van der Waals surface area contributed by atoms with Gasteiger partial charge in [0, 0.05) is 22.4 Å². The Hall–Kier alpha value is -2.56. The minimum atomic E-state index is -1.03. The predicted molar refractivity (Wildman–Crippen MR) is 89.7 cm³/mol. The SMILES string of the molecule is CC(C)C(C)C(=O)Nc1ccc(OCC(=O)O)c2ccccc12. The van der Waals surface area contributed by atoms with Crippen molar-refractivity contribution in [2.75, 3.05) is 11.9 Å². The lowest BCUT2D eigenvalue weighted by Gasteiger charge is -2.17. The molecule has 0 aliphatic carbocycles. The molecule has 1 amide bonds. The van der Waals surface area contributed by atoms with E-state index in [1.807, 2.05) is 45.0 Å². The van der Waals surface area contributed by atoms with Gasteiger partial charge in [0.15, 0.2) is 6.61 Å². The number of rotatable bonds is 6. The molecule has 2 aromatic carbocycles. The van der Waals surface area contributed by atoms with Gasteiger partial charge in [0.25, 0.3) is 0 Å². The second kappa shape index (κ2) is 7.13. The summed E-state index contributed by atoms with van der Waals surface area (Å²) in [5.74, 6) is -0.435. The maximum absolute atomic E-state index is 12.3. The van der Waals surface area contributed by atoms with Gasteiger partial charge in [0.1, 0.15) is 5.75 Å². The largest absolute Gasteiger partial charge is 0.481 e. The molecule has 2 rings (SSSR count). The van der Waals surface area contributed by atoms with Gasteiger partial charge >= 0.3 is 5.97 Å². The van der Waals surface area contributed by atoms with Gasteiger partial charge in [0.05, 0.1) is 0 Å². The molecule has 0 heterocycles. The molecule has 0 saturated carbocycles. The lowest BCUT2D eigenvalue weighted by molar-refractivity contribution is -0.139. The molecular weight excluding hydrogens is 294 g/mol. The highest BCUT2D eigenvalue weighted by atomic mass is 16.5. The molecule has 5 nitrogen and oxygen atoms in total. The van der Waals surface area contributed by atoms with Crippen LogP contribution in [0.3, 0.4) is 0 Å². The lowest BCUT2D eigenvalue weighted by Crippen LogP contribution is -2.24. The first kappa shape index (κ1) is 16.8. The first-order chi connectivity index (χ1) is 10.9. The van der Waals surface area contributed by atoms with Gasteiger partial charge in [-0.15, -0.1) is 0 Å². The number of carbonyl (C=O) groups is 2. The van der Waals surface area contributed by atoms with Crippen LogP contribution in [0.1, 0.15) is 20.8 Å². The number of carbonyl (C=O) groups excluding carboxylic acids is 1. The molecule has 0 bridgehead atoms. The fourth-order valence-corrected chi connectivity index (χ4v) is 2.20. The van der Waals surface area contributed by atoms with Crippen molar-refractivity contribution in [3.8, 4) is 5.75 Å². The molecule has 1 atom stereocenters. The van der Waals surface area contributed by atoms with E-state index in [4.69, 9.17) is 9.84 Å². The Morgan fingerprint density at radius 3 is 2.35 bits per heavy atom. The van der Waals surface area contributed by atoms with Crippen LogP contribution in [0.5, 0.6) is 5.75 Å². The fourth-order valence-electron chi connectivity index (χ4n) is 2.20. The lowest BCUT2D eigenvalue weighted by atomic mass is 9.97. The highest BCUT2D eigenvalue weighted by Crippen LogP contribution is 2.32. The van der Waals surface area contributed by atoms with Crippen LogP contribution in [-0.4, -0.2) is 23.6 Å². The summed E-state index contributed by atoms with van der Waals surface area (Å²) < 4.78 is 5.31. The number of benzene rings is 2. The molecule has 122 valence electrons. The van der Waals surface area contributed by atoms with Crippen molar-refractivity contribution in [3.05, 3.63) is 36.4 Å². The van der Waals surface area contributed by atoms with Crippen LogP contribution >= 0.6 is 0 Å². The third-order valence-corrected chi connectivity index (χ3v) is 3.91. The van der Waals surface area contributed by atoms with Crippen molar-refractivity contribution >= 4 is 28.3 Å². The number of hydrogen-bond donors (Lipinski definition) is 2. The fraction of sp³-hybridized carbons (Fsp3) is 0.333. The molecule has 0 fully saturated rings. The van der Waals surface area contributed by atoms with Gasteiger partial charge in [-0.1, -0.05) is 45.0 Å². The number of anilines is 1. The van der Waals surface area contributed by atoms with Crippen LogP contribution in [-0.2, 0) is 9.59 Å². The van der Waals surface area contributed by atoms with Crippen molar-refractivity contribution in [2.24, 2.45) is 11.8 Å². The van der Waals surface area contributed by atoms with E-state index < -0.39 is 12.6 Å². The zero-order valence-electron chi connectivity index (χ0n) is 13.5. The number of nitrogens with one attached hydrogen (secondary N) is 1. The zero-order valence-corrected chi connectivity index (χ0v) is 13.5. The summed E-state index contributed by atoms with van der Waals surface area (Å²) >= 11 is 0. The van der Waals surface area contributed by atoms with Gasteiger partial charge in [0.2, 0.25) is 5.91 Å². The molecule has 5 heteroatoms. The van der Waals surface area contributed by atoms with Crippen LogP contribution in [0, 0.1) is 11.8 Å². The number of carboxylic acid groups (broad SMARTS) is 1. The van der Waals surface area contributed by atoms with Gasteiger partial charge in [-0.05, 0) is 18.1 Å². The van der Waals surface area contributed by atoms with Crippen molar-refractivity contribution in [2.45, 2.75) is 20.8 Å². The minimum absolute atomic E-state index is 0.0376. The van der Waals surface area contributed by atoms with Crippen LogP contribution in [0.4, 0.5) is 5.69 Å². The van der Waals surface area contributed by atoms with Crippen molar-refractivity contribution in [1.82, 2.24) is 0 Å². The average molecular weight is 315 g/mol. The number of amides is 1. The molecule has 0 spiro atoms. The van der Waals surface area contributed by atoms with Gasteiger partial charge in [-0.25, -0.2) is 4.79 Å². The third-order valence-electron chi connectivity index (χ3n) is 3.91. The molecule has 0 aliphatic rings. The number of aliphatic carboxylic acids is 1. The summed E-state index contributed by atoms with van der Waals surface area (Å²) in [4.78, 5) is 23.0. The number of carboxylic acids is 1. The van der Waals surface area contributed by atoms with Crippen molar-refractivity contribution in [1.29, 1.82) is 0 Å². The molecule has 0 aromatic heterocycles. The second-order valence-corrected chi connectivity index (χ2v) is 5.86. The standard InChI is InChI=1S/C18H21NO4/c1-11(2)12(3)18(22)19-15-8-9-16(23-10-17(20)21)14-7-5-4-6-13(14)15/h4-9,11-12H,10H2,1-3H3,(H,19,22)(H,20,21). The number of ether oxygens (including phenoxy) is 1. The highest BCUT2D eigenvalue weighted by molar-refractivity contribution is 6.04. The summed E-state index contributed by atoms with van der Waals surface area (Å²) in [6, 6.07) is 10.8. The van der Waals surface area contributed by atoms with Crippen molar-refractivity contribution < 1.29 is 19.4 Å². The molecule has 1 unspecified atom stereocenters. The first-order valence-electron chi connectivity index (χ1n) is 7.57. The Kier molecular flexibility index (Phi) is 5.21. The summed E-state index contributed by atoms with van der Waals surface area (Å²) in [6.07, 6.45) is 0. The first-order valence-corrected chi connectivity index (χ1v) is 7.57. The Labute approximate surface area is 135 Å². The predicted octanol–water partition coefficient (Wildman–Crippen LogP) is 3.53. The van der Waals surface area contributed by atoms with Crippen molar-refractivity contribution in [3.63, 3.8) is 0 Å². The normalized spacial score (nSPS) is 12.2. The summed E-state index contributed by atoms with van der Waals surface area (Å²) in [5, 5.41) is 13.3.